The van der Waals surface area contributed by atoms with E-state index in [4.69, 9.17) is 21.9 Å². The summed E-state index contributed by atoms with van der Waals surface area (Å²) in [5.74, 6) is 1.59. The lowest BCUT2D eigenvalue weighted by molar-refractivity contribution is 0.190. The van der Waals surface area contributed by atoms with E-state index in [9.17, 15) is 0 Å². The molecule has 1 fully saturated rings. The molecule has 0 aromatic carbocycles. The molecule has 2 aromatic heterocycles. The molecule has 0 unspecified atom stereocenters. The second-order valence-electron chi connectivity index (χ2n) is 5.60. The van der Waals surface area contributed by atoms with Crippen molar-refractivity contribution >= 4 is 11.6 Å². The molecule has 0 atom stereocenters. The minimum Gasteiger partial charge on any atom is -0.337 e. The van der Waals surface area contributed by atoms with Gasteiger partial charge in [-0.05, 0) is 43.7 Å². The van der Waals surface area contributed by atoms with Crippen LogP contribution < -0.4 is 5.73 Å². The van der Waals surface area contributed by atoms with Gasteiger partial charge >= 0.3 is 0 Å². The summed E-state index contributed by atoms with van der Waals surface area (Å²) in [4.78, 5) is 8.60. The predicted molar refractivity (Wildman–Crippen MR) is 76.0 cm³/mol. The molecule has 2 N–H and O–H groups in total. The first-order valence-electron chi connectivity index (χ1n) is 6.82. The highest BCUT2D eigenvalue weighted by Crippen LogP contribution is 2.37. The van der Waals surface area contributed by atoms with Crippen molar-refractivity contribution in [2.24, 2.45) is 11.7 Å². The molecule has 2 aromatic rings. The lowest BCUT2D eigenvalue weighted by atomic mass is 9.78. The lowest BCUT2D eigenvalue weighted by Gasteiger charge is -2.32. The number of aromatic nitrogens is 3. The molecule has 0 aliphatic heterocycles. The van der Waals surface area contributed by atoms with Crippen LogP contribution in [0.15, 0.2) is 22.9 Å². The van der Waals surface area contributed by atoms with E-state index in [1.807, 2.05) is 0 Å². The summed E-state index contributed by atoms with van der Waals surface area (Å²) in [5.41, 5.74) is 6.43. The highest BCUT2D eigenvalue weighted by molar-refractivity contribution is 6.32. The molecular formula is C14H17ClN4O. The van der Waals surface area contributed by atoms with Crippen LogP contribution in [0.1, 0.15) is 38.5 Å². The monoisotopic (exact) mass is 292 g/mol. The van der Waals surface area contributed by atoms with E-state index in [0.29, 0.717) is 28.3 Å². The standard InChI is InChI=1S/C14H17ClN4O/c1-9-4-6-14(16,7-5-9)13-18-12(19-20-13)11-10(15)3-2-8-17-11/h2-3,8-9H,4-7,16H2,1H3. The SMILES string of the molecule is CC1CCC(N)(c2nc(-c3ncccc3Cl)no2)CC1. The molecule has 1 saturated carbocycles. The zero-order valence-electron chi connectivity index (χ0n) is 11.3. The van der Waals surface area contributed by atoms with Crippen molar-refractivity contribution in [3.63, 3.8) is 0 Å². The minimum absolute atomic E-state index is 0.397. The maximum atomic E-state index is 6.42. The fourth-order valence-electron chi connectivity index (χ4n) is 2.56. The van der Waals surface area contributed by atoms with Crippen molar-refractivity contribution in [2.75, 3.05) is 0 Å². The second-order valence-corrected chi connectivity index (χ2v) is 6.00. The third-order valence-corrected chi connectivity index (χ3v) is 4.29. The summed E-state index contributed by atoms with van der Waals surface area (Å²) < 4.78 is 5.37. The largest absolute Gasteiger partial charge is 0.337 e. The van der Waals surface area contributed by atoms with E-state index in [0.717, 1.165) is 25.7 Å². The molecule has 1 aliphatic rings. The summed E-state index contributed by atoms with van der Waals surface area (Å²) >= 11 is 6.09. The van der Waals surface area contributed by atoms with Gasteiger partial charge in [0.25, 0.3) is 0 Å². The summed E-state index contributed by atoms with van der Waals surface area (Å²) in [6, 6.07) is 3.51. The Morgan fingerprint density at radius 3 is 2.85 bits per heavy atom. The fraction of sp³-hybridized carbons (Fsp3) is 0.500. The number of rotatable bonds is 2. The molecule has 0 spiro atoms. The molecular weight excluding hydrogens is 276 g/mol. The van der Waals surface area contributed by atoms with Gasteiger partial charge < -0.3 is 10.3 Å². The Balaban J connectivity index is 1.89. The maximum absolute atomic E-state index is 6.42. The van der Waals surface area contributed by atoms with Gasteiger partial charge in [-0.1, -0.05) is 23.7 Å². The zero-order chi connectivity index (χ0) is 14.2. The third-order valence-electron chi connectivity index (χ3n) is 3.99. The summed E-state index contributed by atoms with van der Waals surface area (Å²) in [6.45, 7) is 2.24. The van der Waals surface area contributed by atoms with Gasteiger partial charge in [-0.25, -0.2) is 0 Å². The topological polar surface area (TPSA) is 77.8 Å². The second kappa shape index (κ2) is 5.14. The van der Waals surface area contributed by atoms with Gasteiger partial charge in [0.15, 0.2) is 0 Å². The fourth-order valence-corrected chi connectivity index (χ4v) is 2.77. The lowest BCUT2D eigenvalue weighted by Crippen LogP contribution is -2.40. The Morgan fingerprint density at radius 1 is 1.40 bits per heavy atom. The average molecular weight is 293 g/mol. The summed E-state index contributed by atoms with van der Waals surface area (Å²) in [6.07, 6.45) is 5.55. The van der Waals surface area contributed by atoms with Crippen LogP contribution in [0.3, 0.4) is 0 Å². The smallest absolute Gasteiger partial charge is 0.247 e. The third kappa shape index (κ3) is 2.43. The van der Waals surface area contributed by atoms with E-state index in [2.05, 4.69) is 22.0 Å². The summed E-state index contributed by atoms with van der Waals surface area (Å²) in [7, 11) is 0. The Bertz CT molecular complexity index is 605. The van der Waals surface area contributed by atoms with Crippen molar-refractivity contribution in [3.8, 4) is 11.5 Å². The van der Waals surface area contributed by atoms with Crippen LogP contribution in [-0.2, 0) is 5.54 Å². The highest BCUT2D eigenvalue weighted by atomic mass is 35.5. The molecule has 1 aliphatic carbocycles. The number of hydrogen-bond donors (Lipinski definition) is 1. The minimum atomic E-state index is -0.515. The average Bonchev–Trinajstić information content (AvgIpc) is 2.93. The number of nitrogens with two attached hydrogens (primary N) is 1. The first-order chi connectivity index (χ1) is 9.58. The number of pyridine rings is 1. The van der Waals surface area contributed by atoms with Crippen LogP contribution in [0.5, 0.6) is 0 Å². The van der Waals surface area contributed by atoms with Crippen molar-refractivity contribution in [2.45, 2.75) is 38.1 Å². The van der Waals surface area contributed by atoms with Crippen molar-refractivity contribution in [3.05, 3.63) is 29.2 Å². The first kappa shape index (κ1) is 13.5. The van der Waals surface area contributed by atoms with Crippen LogP contribution in [-0.4, -0.2) is 15.1 Å². The zero-order valence-corrected chi connectivity index (χ0v) is 12.1. The predicted octanol–water partition coefficient (Wildman–Crippen LogP) is 3.15. The van der Waals surface area contributed by atoms with Gasteiger partial charge in [-0.15, -0.1) is 0 Å². The molecule has 0 amide bonds. The first-order valence-corrected chi connectivity index (χ1v) is 7.20. The quantitative estimate of drug-likeness (QED) is 0.920. The van der Waals surface area contributed by atoms with Gasteiger partial charge in [0, 0.05) is 6.20 Å². The van der Waals surface area contributed by atoms with E-state index in [-0.39, 0.29) is 0 Å². The van der Waals surface area contributed by atoms with E-state index < -0.39 is 5.54 Å². The van der Waals surface area contributed by atoms with E-state index in [1.165, 1.54) is 0 Å². The van der Waals surface area contributed by atoms with Crippen molar-refractivity contribution < 1.29 is 4.52 Å². The van der Waals surface area contributed by atoms with Crippen molar-refractivity contribution in [1.82, 2.24) is 15.1 Å². The van der Waals surface area contributed by atoms with Gasteiger partial charge in [-0.3, -0.25) is 4.98 Å². The van der Waals surface area contributed by atoms with Crippen LogP contribution in [0.2, 0.25) is 5.02 Å². The molecule has 2 heterocycles. The van der Waals surface area contributed by atoms with Crippen LogP contribution in [0, 0.1) is 5.92 Å². The Labute approximate surface area is 122 Å². The Hall–Kier alpha value is -1.46. The highest BCUT2D eigenvalue weighted by Gasteiger charge is 2.37. The molecule has 106 valence electrons. The van der Waals surface area contributed by atoms with Gasteiger partial charge in [0.2, 0.25) is 11.7 Å². The number of halogens is 1. The van der Waals surface area contributed by atoms with Crippen LogP contribution >= 0.6 is 11.6 Å². The van der Waals surface area contributed by atoms with Crippen molar-refractivity contribution in [1.29, 1.82) is 0 Å². The molecule has 5 nitrogen and oxygen atoms in total. The Kier molecular flexibility index (Phi) is 3.48. The molecule has 0 saturated heterocycles. The van der Waals surface area contributed by atoms with E-state index >= 15 is 0 Å². The van der Waals surface area contributed by atoms with Gasteiger partial charge in [-0.2, -0.15) is 4.98 Å². The molecule has 0 radical (unpaired) electrons. The van der Waals surface area contributed by atoms with Crippen LogP contribution in [0.25, 0.3) is 11.5 Å². The van der Waals surface area contributed by atoms with Gasteiger partial charge in [0.1, 0.15) is 5.69 Å². The summed E-state index contributed by atoms with van der Waals surface area (Å²) in [5, 5.41) is 4.48. The number of nitrogens with zero attached hydrogens (tertiary/aromatic N) is 3. The normalized spacial score (nSPS) is 26.6. The molecule has 3 rings (SSSR count). The van der Waals surface area contributed by atoms with Crippen LogP contribution in [0.4, 0.5) is 0 Å². The maximum Gasteiger partial charge on any atom is 0.247 e. The van der Waals surface area contributed by atoms with Gasteiger partial charge in [0.05, 0.1) is 10.6 Å². The van der Waals surface area contributed by atoms with E-state index in [1.54, 1.807) is 18.3 Å². The Morgan fingerprint density at radius 2 is 2.15 bits per heavy atom. The molecule has 0 bridgehead atoms. The molecule has 20 heavy (non-hydrogen) atoms. The number of hydrogen-bond acceptors (Lipinski definition) is 5. The molecule has 6 heteroatoms.